The third-order valence-electron chi connectivity index (χ3n) is 2.57. The van der Waals surface area contributed by atoms with Crippen molar-refractivity contribution >= 4 is 17.8 Å². The summed E-state index contributed by atoms with van der Waals surface area (Å²) in [5.74, 6) is -0.473. The van der Waals surface area contributed by atoms with Crippen molar-refractivity contribution in [1.82, 2.24) is 5.43 Å². The van der Waals surface area contributed by atoms with Crippen LogP contribution in [0, 0.1) is 10.1 Å². The van der Waals surface area contributed by atoms with Gasteiger partial charge in [-0.3, -0.25) is 14.9 Å². The lowest BCUT2D eigenvalue weighted by molar-refractivity contribution is -0.384. The van der Waals surface area contributed by atoms with Crippen LogP contribution >= 0.6 is 0 Å². The fraction of sp³-hybridized carbons (Fsp3) is 0. The summed E-state index contributed by atoms with van der Waals surface area (Å²) in [6.45, 7) is 0. The van der Waals surface area contributed by atoms with Gasteiger partial charge in [-0.2, -0.15) is 5.10 Å². The number of hydrogen-bond donors (Lipinski definition) is 2. The fourth-order valence-electron chi connectivity index (χ4n) is 1.60. The number of hydrogen-bond acceptors (Lipinski definition) is 5. The van der Waals surface area contributed by atoms with Gasteiger partial charge in [0, 0.05) is 17.7 Å². The van der Waals surface area contributed by atoms with Crippen LogP contribution in [0.4, 0.5) is 5.69 Å². The normalized spacial score (nSPS) is 10.5. The first-order valence-electron chi connectivity index (χ1n) is 5.93. The minimum Gasteiger partial charge on any atom is -0.508 e. The van der Waals surface area contributed by atoms with Crippen molar-refractivity contribution in [2.75, 3.05) is 0 Å². The zero-order chi connectivity index (χ0) is 15.2. The van der Waals surface area contributed by atoms with Crippen molar-refractivity contribution in [2.24, 2.45) is 5.10 Å². The molecule has 0 fully saturated rings. The Balaban J connectivity index is 2.05. The highest BCUT2D eigenvalue weighted by molar-refractivity contribution is 5.95. The topological polar surface area (TPSA) is 105 Å². The Kier molecular flexibility index (Phi) is 4.25. The summed E-state index contributed by atoms with van der Waals surface area (Å²) >= 11 is 0. The van der Waals surface area contributed by atoms with Crippen LogP contribution in [-0.2, 0) is 0 Å². The van der Waals surface area contributed by atoms with E-state index in [-0.39, 0.29) is 17.0 Å². The monoisotopic (exact) mass is 285 g/mol. The summed E-state index contributed by atoms with van der Waals surface area (Å²) in [5, 5.41) is 23.6. The molecule has 0 aromatic heterocycles. The number of nitrogens with one attached hydrogen (secondary N) is 1. The van der Waals surface area contributed by atoms with Crippen molar-refractivity contribution in [3.63, 3.8) is 0 Å². The number of nitro benzene ring substituents is 1. The predicted molar refractivity (Wildman–Crippen MR) is 76.3 cm³/mol. The first-order chi connectivity index (χ1) is 10.1. The van der Waals surface area contributed by atoms with Gasteiger partial charge in [-0.25, -0.2) is 5.43 Å². The Morgan fingerprint density at radius 2 is 2.00 bits per heavy atom. The molecule has 0 heterocycles. The highest BCUT2D eigenvalue weighted by Crippen LogP contribution is 2.13. The van der Waals surface area contributed by atoms with Crippen molar-refractivity contribution in [1.29, 1.82) is 0 Å². The number of phenols is 1. The summed E-state index contributed by atoms with van der Waals surface area (Å²) < 4.78 is 0. The lowest BCUT2D eigenvalue weighted by Gasteiger charge is -2.00. The zero-order valence-corrected chi connectivity index (χ0v) is 10.8. The van der Waals surface area contributed by atoms with E-state index in [4.69, 9.17) is 0 Å². The van der Waals surface area contributed by atoms with E-state index < -0.39 is 10.8 Å². The lowest BCUT2D eigenvalue weighted by atomic mass is 10.2. The number of nitrogens with zero attached hydrogens (tertiary/aromatic N) is 2. The summed E-state index contributed by atoms with van der Waals surface area (Å²) in [5.41, 5.74) is 2.83. The molecule has 2 N–H and O–H groups in total. The van der Waals surface area contributed by atoms with Gasteiger partial charge in [0.25, 0.3) is 11.6 Å². The van der Waals surface area contributed by atoms with Gasteiger partial charge in [-0.05, 0) is 23.8 Å². The van der Waals surface area contributed by atoms with Crippen molar-refractivity contribution in [2.45, 2.75) is 0 Å². The minimum atomic E-state index is -0.577. The van der Waals surface area contributed by atoms with Gasteiger partial charge in [0.1, 0.15) is 5.75 Å². The van der Waals surface area contributed by atoms with E-state index in [0.717, 1.165) is 0 Å². The number of nitro groups is 1. The Labute approximate surface area is 119 Å². The third-order valence-corrected chi connectivity index (χ3v) is 2.57. The number of non-ortho nitro benzene ring substituents is 1. The van der Waals surface area contributed by atoms with Crippen molar-refractivity contribution in [3.8, 4) is 5.75 Å². The molecule has 0 atom stereocenters. The maximum atomic E-state index is 11.8. The van der Waals surface area contributed by atoms with Crippen LogP contribution < -0.4 is 5.43 Å². The van der Waals surface area contributed by atoms with Gasteiger partial charge < -0.3 is 5.11 Å². The van der Waals surface area contributed by atoms with Crippen LogP contribution in [0.15, 0.2) is 53.6 Å². The van der Waals surface area contributed by atoms with Crippen molar-refractivity contribution in [3.05, 3.63) is 69.8 Å². The second-order valence-corrected chi connectivity index (χ2v) is 4.10. The van der Waals surface area contributed by atoms with E-state index in [0.29, 0.717) is 5.56 Å². The molecule has 0 spiro atoms. The van der Waals surface area contributed by atoms with E-state index >= 15 is 0 Å². The second-order valence-electron chi connectivity index (χ2n) is 4.10. The summed E-state index contributed by atoms with van der Waals surface area (Å²) in [4.78, 5) is 21.8. The van der Waals surface area contributed by atoms with Crippen LogP contribution in [0.1, 0.15) is 15.9 Å². The molecule has 0 aliphatic carbocycles. The average Bonchev–Trinajstić information content (AvgIpc) is 2.47. The molecule has 106 valence electrons. The summed E-state index contributed by atoms with van der Waals surface area (Å²) in [6.07, 6.45) is 1.36. The summed E-state index contributed by atoms with van der Waals surface area (Å²) in [7, 11) is 0. The maximum Gasteiger partial charge on any atom is 0.271 e. The van der Waals surface area contributed by atoms with Crippen LogP contribution in [0.3, 0.4) is 0 Å². The molecule has 7 nitrogen and oxygen atoms in total. The standard InChI is InChI=1S/C14H11N3O4/c18-13-6-1-3-10(7-13)9-15-16-14(19)11-4-2-5-12(8-11)17(20)21/h1-9,18H,(H,16,19)/b15-9-. The zero-order valence-electron chi connectivity index (χ0n) is 10.8. The number of carbonyl (C=O) groups is 1. The fourth-order valence-corrected chi connectivity index (χ4v) is 1.60. The maximum absolute atomic E-state index is 11.8. The van der Waals surface area contributed by atoms with Crippen LogP contribution in [-0.4, -0.2) is 22.2 Å². The molecule has 0 saturated heterocycles. The molecule has 2 rings (SSSR count). The number of amides is 1. The molecular weight excluding hydrogens is 274 g/mol. The lowest BCUT2D eigenvalue weighted by Crippen LogP contribution is -2.17. The number of benzene rings is 2. The number of carbonyl (C=O) groups excluding carboxylic acids is 1. The van der Waals surface area contributed by atoms with E-state index in [1.54, 1.807) is 12.1 Å². The van der Waals surface area contributed by atoms with E-state index in [9.17, 15) is 20.0 Å². The van der Waals surface area contributed by atoms with E-state index in [1.165, 1.54) is 42.6 Å². The van der Waals surface area contributed by atoms with Gasteiger partial charge in [0.2, 0.25) is 0 Å². The molecule has 1 amide bonds. The highest BCUT2D eigenvalue weighted by Gasteiger charge is 2.10. The van der Waals surface area contributed by atoms with E-state index in [1.807, 2.05) is 0 Å². The molecule has 0 unspecified atom stereocenters. The Bertz CT molecular complexity index is 713. The first-order valence-corrected chi connectivity index (χ1v) is 5.93. The summed E-state index contributed by atoms with van der Waals surface area (Å²) in [6, 6.07) is 11.7. The van der Waals surface area contributed by atoms with Gasteiger partial charge in [0.15, 0.2) is 0 Å². The van der Waals surface area contributed by atoms with Gasteiger partial charge >= 0.3 is 0 Å². The number of rotatable bonds is 4. The van der Waals surface area contributed by atoms with Gasteiger partial charge in [-0.15, -0.1) is 0 Å². The molecule has 0 aliphatic heterocycles. The van der Waals surface area contributed by atoms with Crippen LogP contribution in [0.25, 0.3) is 0 Å². The molecular formula is C14H11N3O4. The Morgan fingerprint density at radius 1 is 1.24 bits per heavy atom. The molecule has 7 heteroatoms. The number of aromatic hydroxyl groups is 1. The smallest absolute Gasteiger partial charge is 0.271 e. The number of hydrazone groups is 1. The molecule has 0 aliphatic rings. The minimum absolute atomic E-state index is 0.0870. The van der Waals surface area contributed by atoms with E-state index in [2.05, 4.69) is 10.5 Å². The molecule has 0 radical (unpaired) electrons. The van der Waals surface area contributed by atoms with Crippen molar-refractivity contribution < 1.29 is 14.8 Å². The molecule has 0 saturated carbocycles. The van der Waals surface area contributed by atoms with Crippen LogP contribution in [0.2, 0.25) is 0 Å². The number of phenolic OH excluding ortho intramolecular Hbond substituents is 1. The molecule has 0 bridgehead atoms. The average molecular weight is 285 g/mol. The van der Waals surface area contributed by atoms with Crippen LogP contribution in [0.5, 0.6) is 5.75 Å². The second kappa shape index (κ2) is 6.29. The predicted octanol–water partition coefficient (Wildman–Crippen LogP) is 2.06. The third kappa shape index (κ3) is 3.87. The molecule has 2 aromatic carbocycles. The van der Waals surface area contributed by atoms with Gasteiger partial charge in [0.05, 0.1) is 11.1 Å². The Morgan fingerprint density at radius 3 is 2.71 bits per heavy atom. The molecule has 21 heavy (non-hydrogen) atoms. The molecule has 2 aromatic rings. The first kappa shape index (κ1) is 14.2. The largest absolute Gasteiger partial charge is 0.508 e. The highest BCUT2D eigenvalue weighted by atomic mass is 16.6. The quantitative estimate of drug-likeness (QED) is 0.509. The SMILES string of the molecule is O=C(N/N=C\c1cccc(O)c1)c1cccc([N+](=O)[O-])c1. The Hall–Kier alpha value is -3.22. The van der Waals surface area contributed by atoms with Gasteiger partial charge in [-0.1, -0.05) is 18.2 Å².